The molecule has 33 heavy (non-hydrogen) atoms. The maximum absolute atomic E-state index is 13.2. The molecule has 2 aromatic rings. The highest BCUT2D eigenvalue weighted by atomic mass is 32.2. The Morgan fingerprint density at radius 2 is 1.64 bits per heavy atom. The van der Waals surface area contributed by atoms with E-state index in [-0.39, 0.29) is 35.1 Å². The maximum atomic E-state index is 13.2. The molecule has 0 saturated carbocycles. The molecule has 2 aliphatic rings. The Morgan fingerprint density at radius 3 is 2.33 bits per heavy atom. The van der Waals surface area contributed by atoms with E-state index in [1.165, 1.54) is 22.5 Å². The normalized spacial score (nSPS) is 20.6. The predicted octanol–water partition coefficient (Wildman–Crippen LogP) is 1.64. The first-order valence-corrected chi connectivity index (χ1v) is 13.3. The first-order valence-electron chi connectivity index (χ1n) is 10.5. The zero-order valence-electron chi connectivity index (χ0n) is 17.7. The van der Waals surface area contributed by atoms with Gasteiger partial charge in [0.1, 0.15) is 11.9 Å². The maximum Gasteiger partial charge on any atom is 0.243 e. The number of carbonyl (C=O) groups is 1. The SMILES string of the molecule is O=C(Nc1cccc(S(=O)(=O)N2CCOCC2)c1)[C@@H]1CCCN1S(=O)(=O)c1ccc(F)cc1. The first kappa shape index (κ1) is 23.8. The summed E-state index contributed by atoms with van der Waals surface area (Å²) in [5.74, 6) is -1.12. The van der Waals surface area contributed by atoms with Crippen LogP contribution in [0.4, 0.5) is 10.1 Å². The van der Waals surface area contributed by atoms with Gasteiger partial charge in [-0.15, -0.1) is 0 Å². The van der Waals surface area contributed by atoms with E-state index in [1.807, 2.05) is 0 Å². The first-order chi connectivity index (χ1) is 15.7. The van der Waals surface area contributed by atoms with Crippen molar-refractivity contribution in [3.05, 3.63) is 54.3 Å². The van der Waals surface area contributed by atoms with E-state index >= 15 is 0 Å². The van der Waals surface area contributed by atoms with Crippen molar-refractivity contribution >= 4 is 31.6 Å². The zero-order valence-corrected chi connectivity index (χ0v) is 19.3. The number of amides is 1. The fourth-order valence-electron chi connectivity index (χ4n) is 3.93. The second-order valence-corrected chi connectivity index (χ2v) is 11.6. The summed E-state index contributed by atoms with van der Waals surface area (Å²) >= 11 is 0. The molecule has 2 saturated heterocycles. The van der Waals surface area contributed by atoms with Gasteiger partial charge in [-0.05, 0) is 55.3 Å². The van der Waals surface area contributed by atoms with Crippen LogP contribution in [-0.2, 0) is 29.6 Å². The molecule has 1 atom stereocenters. The Bertz CT molecular complexity index is 1230. The number of anilines is 1. The molecule has 2 aromatic carbocycles. The number of halogens is 1. The average Bonchev–Trinajstić information content (AvgIpc) is 3.31. The van der Waals surface area contributed by atoms with Gasteiger partial charge in [-0.25, -0.2) is 21.2 Å². The fourth-order valence-corrected chi connectivity index (χ4v) is 7.04. The van der Waals surface area contributed by atoms with Crippen molar-refractivity contribution in [1.29, 1.82) is 0 Å². The Morgan fingerprint density at radius 1 is 0.939 bits per heavy atom. The summed E-state index contributed by atoms with van der Waals surface area (Å²) in [7, 11) is -7.74. The highest BCUT2D eigenvalue weighted by Crippen LogP contribution is 2.28. The van der Waals surface area contributed by atoms with Gasteiger partial charge in [0.05, 0.1) is 23.0 Å². The van der Waals surface area contributed by atoms with Gasteiger partial charge in [-0.1, -0.05) is 6.07 Å². The van der Waals surface area contributed by atoms with E-state index in [9.17, 15) is 26.0 Å². The van der Waals surface area contributed by atoms with Gasteiger partial charge in [0.25, 0.3) is 0 Å². The molecule has 2 aliphatic heterocycles. The summed E-state index contributed by atoms with van der Waals surface area (Å²) in [5.41, 5.74) is 0.250. The Hall–Kier alpha value is -2.38. The predicted molar refractivity (Wildman–Crippen MR) is 118 cm³/mol. The minimum absolute atomic E-state index is 0.0319. The number of nitrogens with zero attached hydrogens (tertiary/aromatic N) is 2. The van der Waals surface area contributed by atoms with Crippen molar-refractivity contribution in [2.24, 2.45) is 0 Å². The molecule has 2 heterocycles. The lowest BCUT2D eigenvalue weighted by atomic mass is 10.2. The van der Waals surface area contributed by atoms with Gasteiger partial charge in [-0.3, -0.25) is 4.79 Å². The topological polar surface area (TPSA) is 113 Å². The summed E-state index contributed by atoms with van der Waals surface area (Å²) in [6.07, 6.45) is 0.808. The van der Waals surface area contributed by atoms with Crippen LogP contribution in [0.25, 0.3) is 0 Å². The Kier molecular flexibility index (Phi) is 6.82. The Labute approximate surface area is 192 Å². The van der Waals surface area contributed by atoms with Crippen LogP contribution in [0.3, 0.4) is 0 Å². The molecule has 178 valence electrons. The van der Waals surface area contributed by atoms with Crippen LogP contribution in [-0.4, -0.2) is 70.2 Å². The molecular weight excluding hydrogens is 473 g/mol. The molecule has 1 N–H and O–H groups in total. The number of rotatable bonds is 6. The lowest BCUT2D eigenvalue weighted by molar-refractivity contribution is -0.119. The highest BCUT2D eigenvalue weighted by molar-refractivity contribution is 7.89. The second-order valence-electron chi connectivity index (χ2n) is 7.76. The molecule has 0 bridgehead atoms. The van der Waals surface area contributed by atoms with Crippen LogP contribution in [0, 0.1) is 5.82 Å². The number of ether oxygens (including phenoxy) is 1. The van der Waals surface area contributed by atoms with Gasteiger partial charge < -0.3 is 10.1 Å². The van der Waals surface area contributed by atoms with Gasteiger partial charge in [0.15, 0.2) is 0 Å². The van der Waals surface area contributed by atoms with E-state index in [0.717, 1.165) is 28.6 Å². The van der Waals surface area contributed by atoms with E-state index < -0.39 is 37.8 Å². The van der Waals surface area contributed by atoms with E-state index in [0.29, 0.717) is 26.1 Å². The molecule has 12 heteroatoms. The number of morpholine rings is 1. The second kappa shape index (κ2) is 9.47. The van der Waals surface area contributed by atoms with Crippen molar-refractivity contribution in [2.75, 3.05) is 38.2 Å². The van der Waals surface area contributed by atoms with Gasteiger partial charge in [-0.2, -0.15) is 8.61 Å². The van der Waals surface area contributed by atoms with E-state index in [4.69, 9.17) is 4.74 Å². The molecule has 1 amide bonds. The number of nitrogens with one attached hydrogen (secondary N) is 1. The molecule has 0 unspecified atom stereocenters. The fraction of sp³-hybridized carbons (Fsp3) is 0.381. The molecule has 9 nitrogen and oxygen atoms in total. The smallest absolute Gasteiger partial charge is 0.243 e. The molecule has 0 radical (unpaired) electrons. The van der Waals surface area contributed by atoms with Gasteiger partial charge in [0.2, 0.25) is 26.0 Å². The van der Waals surface area contributed by atoms with Gasteiger partial charge in [0, 0.05) is 25.3 Å². The summed E-state index contributed by atoms with van der Waals surface area (Å²) < 4.78 is 72.6. The number of carbonyl (C=O) groups excluding carboxylic acids is 1. The number of hydrogen-bond donors (Lipinski definition) is 1. The quantitative estimate of drug-likeness (QED) is 0.649. The lowest BCUT2D eigenvalue weighted by Gasteiger charge is -2.26. The van der Waals surface area contributed by atoms with Crippen molar-refractivity contribution in [3.63, 3.8) is 0 Å². The minimum Gasteiger partial charge on any atom is -0.379 e. The zero-order chi connectivity index (χ0) is 23.6. The van der Waals surface area contributed by atoms with Crippen LogP contribution >= 0.6 is 0 Å². The number of hydrogen-bond acceptors (Lipinski definition) is 6. The highest BCUT2D eigenvalue weighted by Gasteiger charge is 2.39. The standard InChI is InChI=1S/C21H24FN3O6S2/c22-16-6-8-18(9-7-16)33(29,30)25-10-2-5-20(25)21(26)23-17-3-1-4-19(15-17)32(27,28)24-11-13-31-14-12-24/h1,3-4,6-9,15,20H,2,5,10-14H2,(H,23,26)/t20-/m0/s1. The van der Waals surface area contributed by atoms with Crippen LogP contribution in [0.5, 0.6) is 0 Å². The van der Waals surface area contributed by atoms with Crippen LogP contribution < -0.4 is 5.32 Å². The summed E-state index contributed by atoms with van der Waals surface area (Å²) in [6.45, 7) is 1.28. The molecule has 0 aliphatic carbocycles. The molecule has 0 spiro atoms. The molecular formula is C21H24FN3O6S2. The third kappa shape index (κ3) is 4.94. The van der Waals surface area contributed by atoms with Crippen molar-refractivity contribution < 1.29 is 30.8 Å². The number of benzene rings is 2. The largest absolute Gasteiger partial charge is 0.379 e. The third-order valence-corrected chi connectivity index (χ3v) is 9.45. The third-order valence-electron chi connectivity index (χ3n) is 5.64. The summed E-state index contributed by atoms with van der Waals surface area (Å²) in [5, 5.41) is 2.65. The Balaban J connectivity index is 1.52. The molecule has 4 rings (SSSR count). The van der Waals surface area contributed by atoms with Crippen LogP contribution in [0.2, 0.25) is 0 Å². The number of sulfonamides is 2. The average molecular weight is 498 g/mol. The molecule has 2 fully saturated rings. The van der Waals surface area contributed by atoms with Crippen LogP contribution in [0.15, 0.2) is 58.3 Å². The summed E-state index contributed by atoms with van der Waals surface area (Å²) in [6, 6.07) is 9.35. The van der Waals surface area contributed by atoms with Crippen molar-refractivity contribution in [1.82, 2.24) is 8.61 Å². The van der Waals surface area contributed by atoms with E-state index in [2.05, 4.69) is 5.32 Å². The lowest BCUT2D eigenvalue weighted by Crippen LogP contribution is -2.43. The van der Waals surface area contributed by atoms with Crippen molar-refractivity contribution in [2.45, 2.75) is 28.7 Å². The monoisotopic (exact) mass is 497 g/mol. The summed E-state index contributed by atoms with van der Waals surface area (Å²) in [4.78, 5) is 12.9. The minimum atomic E-state index is -4.00. The van der Waals surface area contributed by atoms with E-state index in [1.54, 1.807) is 6.07 Å². The van der Waals surface area contributed by atoms with Crippen molar-refractivity contribution in [3.8, 4) is 0 Å². The molecule has 0 aromatic heterocycles. The van der Waals surface area contributed by atoms with Crippen LogP contribution in [0.1, 0.15) is 12.8 Å². The van der Waals surface area contributed by atoms with Gasteiger partial charge >= 0.3 is 0 Å².